The first kappa shape index (κ1) is 20.4. The summed E-state index contributed by atoms with van der Waals surface area (Å²) in [6, 6.07) is 15.5. The first-order valence-corrected chi connectivity index (χ1v) is 10.5. The molecule has 0 aromatic heterocycles. The molecule has 1 aliphatic rings. The van der Waals surface area contributed by atoms with Gasteiger partial charge in [0.25, 0.3) is 5.91 Å². The highest BCUT2D eigenvalue weighted by Crippen LogP contribution is 2.40. The van der Waals surface area contributed by atoms with E-state index in [1.165, 1.54) is 0 Å². The number of halogens is 2. The van der Waals surface area contributed by atoms with E-state index >= 15 is 0 Å². The van der Waals surface area contributed by atoms with Crippen LogP contribution in [0.2, 0.25) is 5.02 Å². The van der Waals surface area contributed by atoms with Gasteiger partial charge in [-0.1, -0.05) is 54.9 Å². The molecule has 0 aliphatic carbocycles. The van der Waals surface area contributed by atoms with Gasteiger partial charge in [-0.25, -0.2) is 0 Å². The van der Waals surface area contributed by atoms with Gasteiger partial charge in [0.1, 0.15) is 0 Å². The van der Waals surface area contributed by atoms with E-state index in [4.69, 9.17) is 11.6 Å². The molecule has 1 aliphatic heterocycles. The summed E-state index contributed by atoms with van der Waals surface area (Å²) in [5.74, 6) is 0.502. The molecule has 3 nitrogen and oxygen atoms in total. The highest BCUT2D eigenvalue weighted by Gasteiger charge is 2.43. The predicted molar refractivity (Wildman–Crippen MR) is 115 cm³/mol. The molecule has 1 fully saturated rings. The summed E-state index contributed by atoms with van der Waals surface area (Å²) in [7, 11) is 2.16. The van der Waals surface area contributed by atoms with Crippen molar-refractivity contribution in [2.24, 2.45) is 5.92 Å². The van der Waals surface area contributed by atoms with Gasteiger partial charge in [-0.05, 0) is 66.4 Å². The summed E-state index contributed by atoms with van der Waals surface area (Å²) in [6.07, 6.45) is 2.17. The van der Waals surface area contributed by atoms with E-state index in [0.29, 0.717) is 21.0 Å². The van der Waals surface area contributed by atoms with E-state index in [2.05, 4.69) is 59.2 Å². The Kier molecular flexibility index (Phi) is 6.29. The number of hydrogen-bond acceptors (Lipinski definition) is 2. The number of benzene rings is 2. The Morgan fingerprint density at radius 2 is 1.96 bits per heavy atom. The molecule has 0 saturated carbocycles. The van der Waals surface area contributed by atoms with Gasteiger partial charge in [0.2, 0.25) is 0 Å². The van der Waals surface area contributed by atoms with Crippen molar-refractivity contribution in [2.75, 3.05) is 13.6 Å². The molecule has 2 aromatic rings. The van der Waals surface area contributed by atoms with Crippen molar-refractivity contribution < 1.29 is 4.79 Å². The Bertz CT molecular complexity index is 793. The molecule has 3 rings (SSSR count). The minimum atomic E-state index is -0.169. The van der Waals surface area contributed by atoms with Crippen LogP contribution in [0.4, 0.5) is 0 Å². The number of carbonyl (C=O) groups is 1. The number of piperidine rings is 1. The normalized spacial score (nSPS) is 24.4. The second-order valence-corrected chi connectivity index (χ2v) is 9.06. The SMILES string of the molecule is CC1CCC(C)(C(NC(=O)c2c(Cl)cccc2Br)c2ccccc2)N(C)C1. The van der Waals surface area contributed by atoms with Crippen LogP contribution in [-0.4, -0.2) is 29.9 Å². The lowest BCUT2D eigenvalue weighted by Crippen LogP contribution is -2.57. The quantitative estimate of drug-likeness (QED) is 0.650. The zero-order chi connectivity index (χ0) is 19.6. The molecule has 27 heavy (non-hydrogen) atoms. The first-order valence-electron chi connectivity index (χ1n) is 9.34. The Morgan fingerprint density at radius 1 is 1.26 bits per heavy atom. The van der Waals surface area contributed by atoms with Crippen molar-refractivity contribution in [2.45, 2.75) is 38.3 Å². The first-order chi connectivity index (χ1) is 12.8. The molecule has 0 bridgehead atoms. The summed E-state index contributed by atoms with van der Waals surface area (Å²) < 4.78 is 0.704. The number of amides is 1. The fourth-order valence-electron chi connectivity index (χ4n) is 4.02. The fourth-order valence-corrected chi connectivity index (χ4v) is 4.94. The Balaban J connectivity index is 1.98. The number of likely N-dealkylation sites (tertiary alicyclic amines) is 1. The fraction of sp³-hybridized carbons (Fsp3) is 0.409. The van der Waals surface area contributed by atoms with Gasteiger partial charge < -0.3 is 5.32 Å². The lowest BCUT2D eigenvalue weighted by molar-refractivity contribution is 0.0276. The van der Waals surface area contributed by atoms with Crippen LogP contribution in [0.1, 0.15) is 48.7 Å². The molecular formula is C22H26BrClN2O. The zero-order valence-electron chi connectivity index (χ0n) is 16.0. The number of likely N-dealkylation sites (N-methyl/N-ethyl adjacent to an activating group) is 1. The standard InChI is InChI=1S/C22H26BrClN2O/c1-15-12-13-22(2,26(3)14-15)20(16-8-5-4-6-9-16)25-21(27)19-17(23)10-7-11-18(19)24/h4-11,15,20H,12-14H2,1-3H3,(H,25,27). The molecule has 5 heteroatoms. The number of rotatable bonds is 4. The van der Waals surface area contributed by atoms with Crippen molar-refractivity contribution in [3.05, 3.63) is 69.2 Å². The van der Waals surface area contributed by atoms with Crippen LogP contribution >= 0.6 is 27.5 Å². The summed E-state index contributed by atoms with van der Waals surface area (Å²) in [4.78, 5) is 15.6. The minimum absolute atomic E-state index is 0.133. The highest BCUT2D eigenvalue weighted by molar-refractivity contribution is 9.10. The number of hydrogen-bond donors (Lipinski definition) is 1. The van der Waals surface area contributed by atoms with E-state index in [1.54, 1.807) is 6.07 Å². The second-order valence-electron chi connectivity index (χ2n) is 7.80. The van der Waals surface area contributed by atoms with Crippen LogP contribution in [0.25, 0.3) is 0 Å². The third-order valence-corrected chi connectivity index (χ3v) is 6.80. The maximum atomic E-state index is 13.2. The third-order valence-electron chi connectivity index (χ3n) is 5.82. The largest absolute Gasteiger partial charge is 0.343 e. The van der Waals surface area contributed by atoms with Crippen molar-refractivity contribution in [3.8, 4) is 0 Å². The average Bonchev–Trinajstić information content (AvgIpc) is 2.64. The predicted octanol–water partition coefficient (Wildman–Crippen LogP) is 5.69. The molecule has 1 heterocycles. The van der Waals surface area contributed by atoms with Crippen molar-refractivity contribution >= 4 is 33.4 Å². The second kappa shape index (κ2) is 8.34. The van der Waals surface area contributed by atoms with E-state index in [0.717, 1.165) is 24.9 Å². The van der Waals surface area contributed by atoms with E-state index in [9.17, 15) is 4.79 Å². The molecule has 3 atom stereocenters. The molecule has 1 saturated heterocycles. The maximum Gasteiger partial charge on any atom is 0.254 e. The smallest absolute Gasteiger partial charge is 0.254 e. The Morgan fingerprint density at radius 3 is 2.59 bits per heavy atom. The molecule has 3 unspecified atom stereocenters. The summed E-state index contributed by atoms with van der Waals surface area (Å²) >= 11 is 9.79. The van der Waals surface area contributed by atoms with Crippen LogP contribution in [0.3, 0.4) is 0 Å². The summed E-state index contributed by atoms with van der Waals surface area (Å²) in [5.41, 5.74) is 1.42. The number of nitrogens with one attached hydrogen (secondary N) is 1. The van der Waals surface area contributed by atoms with E-state index in [1.807, 2.05) is 30.3 Å². The Labute approximate surface area is 175 Å². The van der Waals surface area contributed by atoms with Crippen LogP contribution in [0, 0.1) is 5.92 Å². The Hall–Kier alpha value is -1.36. The number of nitrogens with zero attached hydrogens (tertiary/aromatic N) is 1. The van der Waals surface area contributed by atoms with Crippen molar-refractivity contribution in [3.63, 3.8) is 0 Å². The lowest BCUT2D eigenvalue weighted by atomic mass is 9.76. The monoisotopic (exact) mass is 448 g/mol. The van der Waals surface area contributed by atoms with E-state index in [-0.39, 0.29) is 17.5 Å². The van der Waals surface area contributed by atoms with Crippen LogP contribution < -0.4 is 5.32 Å². The van der Waals surface area contributed by atoms with Crippen molar-refractivity contribution in [1.82, 2.24) is 10.2 Å². The molecule has 0 spiro atoms. The molecule has 1 N–H and O–H groups in total. The zero-order valence-corrected chi connectivity index (χ0v) is 18.3. The minimum Gasteiger partial charge on any atom is -0.343 e. The van der Waals surface area contributed by atoms with Crippen LogP contribution in [0.15, 0.2) is 53.0 Å². The van der Waals surface area contributed by atoms with Crippen LogP contribution in [-0.2, 0) is 0 Å². The molecule has 2 aromatic carbocycles. The van der Waals surface area contributed by atoms with Crippen molar-refractivity contribution in [1.29, 1.82) is 0 Å². The maximum absolute atomic E-state index is 13.2. The van der Waals surface area contributed by atoms with Gasteiger partial charge in [0.15, 0.2) is 0 Å². The van der Waals surface area contributed by atoms with Gasteiger partial charge in [-0.2, -0.15) is 0 Å². The van der Waals surface area contributed by atoms with Gasteiger partial charge in [-0.15, -0.1) is 0 Å². The molecule has 1 amide bonds. The van der Waals surface area contributed by atoms with Gasteiger partial charge in [0, 0.05) is 16.6 Å². The topological polar surface area (TPSA) is 32.3 Å². The van der Waals surface area contributed by atoms with Crippen LogP contribution in [0.5, 0.6) is 0 Å². The van der Waals surface area contributed by atoms with E-state index < -0.39 is 0 Å². The molecule has 0 radical (unpaired) electrons. The number of carbonyl (C=O) groups excluding carboxylic acids is 1. The molecule has 144 valence electrons. The highest BCUT2D eigenvalue weighted by atomic mass is 79.9. The average molecular weight is 450 g/mol. The third kappa shape index (κ3) is 4.23. The molecular weight excluding hydrogens is 424 g/mol. The summed E-state index contributed by atoms with van der Waals surface area (Å²) in [6.45, 7) is 5.55. The summed E-state index contributed by atoms with van der Waals surface area (Å²) in [5, 5.41) is 3.74. The van der Waals surface area contributed by atoms with Gasteiger partial charge >= 0.3 is 0 Å². The van der Waals surface area contributed by atoms with Gasteiger partial charge in [-0.3, -0.25) is 9.69 Å². The lowest BCUT2D eigenvalue weighted by Gasteiger charge is -2.50. The van der Waals surface area contributed by atoms with Gasteiger partial charge in [0.05, 0.1) is 16.6 Å².